The lowest BCUT2D eigenvalue weighted by Gasteiger charge is -2.32. The molecule has 1 N–H and O–H groups in total. The van der Waals surface area contributed by atoms with E-state index in [0.717, 1.165) is 25.0 Å². The average Bonchev–Trinajstić information content (AvgIpc) is 2.81. The van der Waals surface area contributed by atoms with Gasteiger partial charge in [-0.3, -0.25) is 4.98 Å². The minimum atomic E-state index is 0.433. The molecule has 1 aromatic heterocycles. The van der Waals surface area contributed by atoms with Crippen molar-refractivity contribution < 1.29 is 0 Å². The Morgan fingerprint density at radius 3 is 2.45 bits per heavy atom. The summed E-state index contributed by atoms with van der Waals surface area (Å²) in [6.07, 6.45) is 13.6. The van der Waals surface area contributed by atoms with Crippen molar-refractivity contribution in [2.75, 3.05) is 30.4 Å². The maximum absolute atomic E-state index is 4.76. The summed E-state index contributed by atoms with van der Waals surface area (Å²) in [5.74, 6) is 0.433. The summed E-state index contributed by atoms with van der Waals surface area (Å²) in [4.78, 5) is 7.33. The molecule has 0 saturated carbocycles. The molecule has 158 valence electrons. The topological polar surface area (TPSA) is 28.2 Å². The number of benzene rings is 1. The van der Waals surface area contributed by atoms with Gasteiger partial charge in [-0.25, -0.2) is 0 Å². The molecule has 29 heavy (non-hydrogen) atoms. The summed E-state index contributed by atoms with van der Waals surface area (Å²) < 4.78 is 0. The van der Waals surface area contributed by atoms with E-state index < -0.39 is 0 Å². The van der Waals surface area contributed by atoms with Crippen LogP contribution in [-0.2, 0) is 0 Å². The summed E-state index contributed by atoms with van der Waals surface area (Å²) in [6, 6.07) is 6.71. The zero-order chi connectivity index (χ0) is 21.2. The number of allylic oxidation sites excluding steroid dienone is 4. The summed E-state index contributed by atoms with van der Waals surface area (Å²) in [7, 11) is 2.02. The van der Waals surface area contributed by atoms with E-state index in [2.05, 4.69) is 53.6 Å². The molecule has 1 fully saturated rings. The van der Waals surface area contributed by atoms with Crippen molar-refractivity contribution in [2.45, 2.75) is 66.2 Å². The Labute approximate surface area is 177 Å². The lowest BCUT2D eigenvalue weighted by atomic mass is 9.84. The van der Waals surface area contributed by atoms with Crippen LogP contribution in [0.3, 0.4) is 0 Å². The number of pyridine rings is 1. The van der Waals surface area contributed by atoms with E-state index in [0.29, 0.717) is 5.92 Å². The van der Waals surface area contributed by atoms with Crippen LogP contribution in [-0.4, -0.2) is 25.1 Å². The Morgan fingerprint density at radius 1 is 1.07 bits per heavy atom. The second-order valence-electron chi connectivity index (χ2n) is 7.18. The normalized spacial score (nSPS) is 18.2. The monoisotopic (exact) mass is 393 g/mol. The molecule has 2 heterocycles. The Balaban J connectivity index is 0.000000707. The first-order chi connectivity index (χ1) is 14.3. The van der Waals surface area contributed by atoms with Crippen LogP contribution in [0.4, 0.5) is 11.4 Å². The number of nitrogens with zero attached hydrogens (tertiary/aromatic N) is 2. The smallest absolute Gasteiger partial charge is 0.0956 e. The van der Waals surface area contributed by atoms with Crippen LogP contribution in [0, 0.1) is 0 Å². The van der Waals surface area contributed by atoms with Gasteiger partial charge in [0.25, 0.3) is 0 Å². The molecule has 0 radical (unpaired) electrons. The second kappa shape index (κ2) is 11.6. The fourth-order valence-corrected chi connectivity index (χ4v) is 4.29. The molecular formula is C26H39N3. The van der Waals surface area contributed by atoms with E-state index in [1.54, 1.807) is 0 Å². The van der Waals surface area contributed by atoms with Crippen molar-refractivity contribution in [3.05, 3.63) is 53.8 Å². The molecule has 3 heteroatoms. The van der Waals surface area contributed by atoms with Gasteiger partial charge in [-0.15, -0.1) is 0 Å². The molecule has 2 aromatic rings. The van der Waals surface area contributed by atoms with Gasteiger partial charge in [0.15, 0.2) is 0 Å². The lowest BCUT2D eigenvalue weighted by Crippen LogP contribution is -2.29. The predicted molar refractivity (Wildman–Crippen MR) is 130 cm³/mol. The quantitative estimate of drug-likeness (QED) is 0.592. The van der Waals surface area contributed by atoms with Crippen molar-refractivity contribution in [3.63, 3.8) is 0 Å². The van der Waals surface area contributed by atoms with Crippen molar-refractivity contribution in [3.8, 4) is 0 Å². The second-order valence-corrected chi connectivity index (χ2v) is 7.18. The number of hydrogen-bond donors (Lipinski definition) is 1. The van der Waals surface area contributed by atoms with Gasteiger partial charge in [0.1, 0.15) is 0 Å². The maximum atomic E-state index is 4.76. The van der Waals surface area contributed by atoms with Gasteiger partial charge < -0.3 is 10.2 Å². The van der Waals surface area contributed by atoms with Gasteiger partial charge in [0.05, 0.1) is 11.2 Å². The standard InChI is InChI=1S/C22H27N3.2C2H6/c1-16-9-4-5-10-17(16)19-15-20(25-13-6-3-7-14-25)18-11-8-12-24-22(18)21(19)23-2;2*1-2/h4-5,8-9,11-12,15,17,23H,3,6-7,10,13-14H2,1-2H3;2*1-2H3. The minimum absolute atomic E-state index is 0.433. The predicted octanol–water partition coefficient (Wildman–Crippen LogP) is 7.31. The van der Waals surface area contributed by atoms with Crippen molar-refractivity contribution in [2.24, 2.45) is 0 Å². The summed E-state index contributed by atoms with van der Waals surface area (Å²) in [5, 5.41) is 4.72. The number of fused-ring (bicyclic) bond motifs is 1. The average molecular weight is 394 g/mol. The third-order valence-electron chi connectivity index (χ3n) is 5.64. The molecule has 2 aliphatic rings. The molecule has 0 amide bonds. The largest absolute Gasteiger partial charge is 0.386 e. The highest BCUT2D eigenvalue weighted by molar-refractivity contribution is 6.01. The van der Waals surface area contributed by atoms with Gasteiger partial charge in [-0.05, 0) is 56.4 Å². The van der Waals surface area contributed by atoms with Crippen LogP contribution in [0.15, 0.2) is 48.2 Å². The van der Waals surface area contributed by atoms with Gasteiger partial charge in [0, 0.05) is 43.3 Å². The first kappa shape index (κ1) is 23.0. The minimum Gasteiger partial charge on any atom is -0.386 e. The van der Waals surface area contributed by atoms with Crippen LogP contribution in [0.25, 0.3) is 10.9 Å². The first-order valence-electron chi connectivity index (χ1n) is 11.5. The number of anilines is 2. The van der Waals surface area contributed by atoms with Crippen molar-refractivity contribution in [1.29, 1.82) is 0 Å². The zero-order valence-electron chi connectivity index (χ0n) is 19.3. The number of aromatic nitrogens is 1. The first-order valence-corrected chi connectivity index (χ1v) is 11.5. The van der Waals surface area contributed by atoms with E-state index in [4.69, 9.17) is 4.98 Å². The molecule has 1 aromatic carbocycles. The Bertz CT molecular complexity index is 829. The molecule has 1 unspecified atom stereocenters. The SMILES string of the molecule is CC.CC.CNc1c(C2CC=CC=C2C)cc(N2CCCCC2)c2cccnc12. The van der Waals surface area contributed by atoms with Crippen LogP contribution in [0.2, 0.25) is 0 Å². The van der Waals surface area contributed by atoms with Gasteiger partial charge in [0.2, 0.25) is 0 Å². The van der Waals surface area contributed by atoms with Crippen molar-refractivity contribution in [1.82, 2.24) is 4.98 Å². The molecule has 1 aliphatic heterocycles. The molecule has 4 rings (SSSR count). The van der Waals surface area contributed by atoms with Crippen LogP contribution in [0.1, 0.15) is 71.8 Å². The maximum Gasteiger partial charge on any atom is 0.0956 e. The third kappa shape index (κ3) is 5.01. The van der Waals surface area contributed by atoms with E-state index in [1.807, 2.05) is 40.9 Å². The third-order valence-corrected chi connectivity index (χ3v) is 5.64. The molecule has 3 nitrogen and oxygen atoms in total. The summed E-state index contributed by atoms with van der Waals surface area (Å²) in [5.41, 5.74) is 6.46. The highest BCUT2D eigenvalue weighted by Gasteiger charge is 2.23. The summed E-state index contributed by atoms with van der Waals surface area (Å²) in [6.45, 7) is 12.6. The van der Waals surface area contributed by atoms with Crippen LogP contribution in [0.5, 0.6) is 0 Å². The Kier molecular flexibility index (Phi) is 9.24. The van der Waals surface area contributed by atoms with Gasteiger partial charge in [-0.1, -0.05) is 51.5 Å². The van der Waals surface area contributed by atoms with E-state index in [9.17, 15) is 0 Å². The van der Waals surface area contributed by atoms with Crippen LogP contribution >= 0.6 is 0 Å². The highest BCUT2D eigenvalue weighted by atomic mass is 15.1. The fraction of sp³-hybridized carbons (Fsp3) is 0.500. The molecule has 0 bridgehead atoms. The van der Waals surface area contributed by atoms with Crippen molar-refractivity contribution >= 4 is 22.3 Å². The number of rotatable bonds is 3. The Hall–Kier alpha value is -2.29. The van der Waals surface area contributed by atoms with E-state index in [-0.39, 0.29) is 0 Å². The molecule has 1 atom stereocenters. The van der Waals surface area contributed by atoms with Gasteiger partial charge >= 0.3 is 0 Å². The fourth-order valence-electron chi connectivity index (χ4n) is 4.29. The van der Waals surface area contributed by atoms with E-state index >= 15 is 0 Å². The molecule has 1 aliphatic carbocycles. The molecule has 1 saturated heterocycles. The number of nitrogens with one attached hydrogen (secondary N) is 1. The summed E-state index contributed by atoms with van der Waals surface area (Å²) >= 11 is 0. The number of hydrogen-bond acceptors (Lipinski definition) is 3. The molecule has 0 spiro atoms. The number of piperidine rings is 1. The lowest BCUT2D eigenvalue weighted by molar-refractivity contribution is 0.578. The zero-order valence-corrected chi connectivity index (χ0v) is 19.3. The highest BCUT2D eigenvalue weighted by Crippen LogP contribution is 2.42. The van der Waals surface area contributed by atoms with Gasteiger partial charge in [-0.2, -0.15) is 0 Å². The van der Waals surface area contributed by atoms with E-state index in [1.165, 1.54) is 47.2 Å². The molecular weight excluding hydrogens is 354 g/mol. The van der Waals surface area contributed by atoms with Crippen LogP contribution < -0.4 is 10.2 Å². The Morgan fingerprint density at radius 2 is 1.79 bits per heavy atom.